The van der Waals surface area contributed by atoms with Crippen LogP contribution in [0.1, 0.15) is 19.4 Å². The Hall–Kier alpha value is -0.820. The molecule has 0 N–H and O–H groups in total. The molecule has 0 aromatic heterocycles. The van der Waals surface area contributed by atoms with E-state index in [9.17, 15) is 0 Å². The van der Waals surface area contributed by atoms with Crippen LogP contribution in [0.4, 0.5) is 0 Å². The molecule has 0 atom stereocenters. The highest BCUT2D eigenvalue weighted by Crippen LogP contribution is 2.02. The molecular weight excluding hydrogens is 136 g/mol. The van der Waals surface area contributed by atoms with E-state index < -0.39 is 0 Å². The zero-order valence-corrected chi connectivity index (χ0v) is 7.08. The molecule has 0 bridgehead atoms. The highest BCUT2D eigenvalue weighted by Gasteiger charge is 1.93. The van der Waals surface area contributed by atoms with E-state index >= 15 is 0 Å². The highest BCUT2D eigenvalue weighted by molar-refractivity contribution is 5.13. The topological polar surface area (TPSA) is 9.23 Å². The van der Waals surface area contributed by atoms with E-state index in [0.29, 0.717) is 6.10 Å². The van der Waals surface area contributed by atoms with Crippen LogP contribution in [0.25, 0.3) is 0 Å². The van der Waals surface area contributed by atoms with Crippen LogP contribution in [-0.4, -0.2) is 6.10 Å². The molecular formula is C10H14O. The van der Waals surface area contributed by atoms with Crippen LogP contribution < -0.4 is 0 Å². The van der Waals surface area contributed by atoms with Crippen LogP contribution in [0.3, 0.4) is 0 Å². The minimum atomic E-state index is 0.315. The molecule has 0 spiro atoms. The second-order valence-electron chi connectivity index (χ2n) is 2.85. The maximum atomic E-state index is 5.43. The van der Waals surface area contributed by atoms with E-state index in [1.54, 1.807) is 0 Å². The number of benzene rings is 1. The molecule has 1 heteroatoms. The van der Waals surface area contributed by atoms with Gasteiger partial charge in [0.25, 0.3) is 0 Å². The van der Waals surface area contributed by atoms with Crippen molar-refractivity contribution in [3.8, 4) is 0 Å². The van der Waals surface area contributed by atoms with Crippen LogP contribution in [0, 0.1) is 0 Å². The van der Waals surface area contributed by atoms with Crippen molar-refractivity contribution in [1.29, 1.82) is 0 Å². The van der Waals surface area contributed by atoms with Gasteiger partial charge >= 0.3 is 0 Å². The monoisotopic (exact) mass is 150 g/mol. The quantitative estimate of drug-likeness (QED) is 0.643. The fourth-order valence-corrected chi connectivity index (χ4v) is 0.837. The Labute approximate surface area is 68.0 Å². The Morgan fingerprint density at radius 2 is 1.82 bits per heavy atom. The summed E-state index contributed by atoms with van der Waals surface area (Å²) in [6.07, 6.45) is 0.315. The van der Waals surface area contributed by atoms with Crippen molar-refractivity contribution in [3.63, 3.8) is 0 Å². The van der Waals surface area contributed by atoms with Gasteiger partial charge in [0.15, 0.2) is 0 Å². The molecule has 1 rings (SSSR count). The lowest BCUT2D eigenvalue weighted by molar-refractivity contribution is 0.0657. The summed E-state index contributed by atoms with van der Waals surface area (Å²) in [5.41, 5.74) is 1.24. The van der Waals surface area contributed by atoms with Gasteiger partial charge in [0.1, 0.15) is 0 Å². The van der Waals surface area contributed by atoms with Crippen molar-refractivity contribution in [2.24, 2.45) is 0 Å². The fraction of sp³-hybridized carbons (Fsp3) is 0.400. The zero-order chi connectivity index (χ0) is 8.10. The van der Waals surface area contributed by atoms with Gasteiger partial charge in [-0.3, -0.25) is 0 Å². The van der Waals surface area contributed by atoms with Crippen LogP contribution in [-0.2, 0) is 11.3 Å². The number of rotatable bonds is 3. The average Bonchev–Trinajstić information content (AvgIpc) is 2.03. The Morgan fingerprint density at radius 3 is 2.36 bits per heavy atom. The van der Waals surface area contributed by atoms with Crippen molar-refractivity contribution in [2.75, 3.05) is 0 Å². The van der Waals surface area contributed by atoms with Gasteiger partial charge in [-0.15, -0.1) is 0 Å². The van der Waals surface area contributed by atoms with Crippen LogP contribution >= 0.6 is 0 Å². The first-order valence-corrected chi connectivity index (χ1v) is 3.94. The number of ether oxygens (including phenoxy) is 1. The van der Waals surface area contributed by atoms with Crippen LogP contribution in [0.5, 0.6) is 0 Å². The lowest BCUT2D eigenvalue weighted by Crippen LogP contribution is -2.01. The molecule has 0 radical (unpaired) electrons. The first-order chi connectivity index (χ1) is 5.29. The highest BCUT2D eigenvalue weighted by atomic mass is 16.5. The lowest BCUT2D eigenvalue weighted by Gasteiger charge is -2.06. The molecule has 0 saturated carbocycles. The summed E-state index contributed by atoms with van der Waals surface area (Å²) < 4.78 is 5.43. The van der Waals surface area contributed by atoms with Gasteiger partial charge < -0.3 is 4.74 Å². The van der Waals surface area contributed by atoms with Crippen molar-refractivity contribution < 1.29 is 4.74 Å². The van der Waals surface area contributed by atoms with Gasteiger partial charge in [-0.05, 0) is 19.4 Å². The molecule has 1 aromatic carbocycles. The van der Waals surface area contributed by atoms with E-state index in [-0.39, 0.29) is 0 Å². The number of hydrogen-bond acceptors (Lipinski definition) is 1. The molecule has 0 fully saturated rings. The molecule has 0 amide bonds. The van der Waals surface area contributed by atoms with Crippen molar-refractivity contribution in [1.82, 2.24) is 0 Å². The first-order valence-electron chi connectivity index (χ1n) is 3.94. The largest absolute Gasteiger partial charge is 0.374 e. The van der Waals surface area contributed by atoms with E-state index in [0.717, 1.165) is 6.61 Å². The molecule has 11 heavy (non-hydrogen) atoms. The molecule has 1 aromatic rings. The second kappa shape index (κ2) is 4.14. The van der Waals surface area contributed by atoms with Crippen molar-refractivity contribution >= 4 is 0 Å². The van der Waals surface area contributed by atoms with Crippen LogP contribution in [0.15, 0.2) is 30.3 Å². The molecule has 0 heterocycles. The summed E-state index contributed by atoms with van der Waals surface area (Å²) in [6.45, 7) is 4.81. The van der Waals surface area contributed by atoms with E-state index in [1.165, 1.54) is 5.56 Å². The molecule has 0 aliphatic heterocycles. The third-order valence-electron chi connectivity index (χ3n) is 1.43. The maximum Gasteiger partial charge on any atom is 0.0720 e. The predicted octanol–water partition coefficient (Wildman–Crippen LogP) is 2.61. The normalized spacial score (nSPS) is 10.5. The van der Waals surface area contributed by atoms with E-state index in [4.69, 9.17) is 4.74 Å². The average molecular weight is 150 g/mol. The Balaban J connectivity index is 2.39. The summed E-state index contributed by atoms with van der Waals surface area (Å²) in [5.74, 6) is 0. The minimum absolute atomic E-state index is 0.315. The number of hydrogen-bond donors (Lipinski definition) is 0. The summed E-state index contributed by atoms with van der Waals surface area (Å²) in [5, 5.41) is 0. The third kappa shape index (κ3) is 3.19. The Kier molecular flexibility index (Phi) is 3.12. The SMILES string of the molecule is CC(C)OCc1ccccc1. The van der Waals surface area contributed by atoms with Gasteiger partial charge in [0, 0.05) is 0 Å². The standard InChI is InChI=1S/C10H14O/c1-9(2)11-8-10-6-4-3-5-7-10/h3-7,9H,8H2,1-2H3. The van der Waals surface area contributed by atoms with Crippen molar-refractivity contribution in [2.45, 2.75) is 26.6 Å². The summed E-state index contributed by atoms with van der Waals surface area (Å²) in [7, 11) is 0. The van der Waals surface area contributed by atoms with Gasteiger partial charge in [0.2, 0.25) is 0 Å². The van der Waals surface area contributed by atoms with Gasteiger partial charge in [0.05, 0.1) is 12.7 Å². The second-order valence-corrected chi connectivity index (χ2v) is 2.85. The molecule has 0 aliphatic rings. The first kappa shape index (κ1) is 8.28. The maximum absolute atomic E-state index is 5.43. The Morgan fingerprint density at radius 1 is 1.18 bits per heavy atom. The smallest absolute Gasteiger partial charge is 0.0720 e. The van der Waals surface area contributed by atoms with Gasteiger partial charge in [-0.1, -0.05) is 30.3 Å². The molecule has 0 aliphatic carbocycles. The molecule has 0 unspecified atom stereocenters. The van der Waals surface area contributed by atoms with Crippen LogP contribution in [0.2, 0.25) is 0 Å². The van der Waals surface area contributed by atoms with E-state index in [2.05, 4.69) is 12.1 Å². The Bertz CT molecular complexity index is 191. The lowest BCUT2D eigenvalue weighted by atomic mass is 10.2. The molecule has 1 nitrogen and oxygen atoms in total. The summed E-state index contributed by atoms with van der Waals surface area (Å²) >= 11 is 0. The molecule has 0 saturated heterocycles. The minimum Gasteiger partial charge on any atom is -0.374 e. The summed E-state index contributed by atoms with van der Waals surface area (Å²) in [6, 6.07) is 10.2. The zero-order valence-electron chi connectivity index (χ0n) is 7.08. The summed E-state index contributed by atoms with van der Waals surface area (Å²) in [4.78, 5) is 0. The fourth-order valence-electron chi connectivity index (χ4n) is 0.837. The van der Waals surface area contributed by atoms with Gasteiger partial charge in [-0.2, -0.15) is 0 Å². The predicted molar refractivity (Wildman–Crippen MR) is 46.4 cm³/mol. The third-order valence-corrected chi connectivity index (χ3v) is 1.43. The molecule has 60 valence electrons. The van der Waals surface area contributed by atoms with E-state index in [1.807, 2.05) is 32.0 Å². The van der Waals surface area contributed by atoms with Crippen molar-refractivity contribution in [3.05, 3.63) is 35.9 Å². The van der Waals surface area contributed by atoms with Gasteiger partial charge in [-0.25, -0.2) is 0 Å².